The molecule has 0 aliphatic rings. The van der Waals surface area contributed by atoms with E-state index in [4.69, 9.17) is 9.84 Å². The largest absolute Gasteiger partial charge is 0.478 e. The van der Waals surface area contributed by atoms with Crippen molar-refractivity contribution in [2.24, 2.45) is 0 Å². The first-order valence-corrected chi connectivity index (χ1v) is 5.38. The van der Waals surface area contributed by atoms with Crippen LogP contribution < -0.4 is 4.90 Å². The quantitative estimate of drug-likeness (QED) is 0.774. The molecular weight excluding hydrogens is 225 g/mol. The zero-order valence-electron chi connectivity index (χ0n) is 9.94. The summed E-state index contributed by atoms with van der Waals surface area (Å²) < 4.78 is 18.6. The van der Waals surface area contributed by atoms with E-state index in [1.54, 1.807) is 13.1 Å². The standard InChI is InChI=1S/C12H16FNO3/c1-3-17-7-6-14(2)9-4-5-10(12(15)16)11(13)8-9/h4-5,8H,3,6-7H2,1-2H3,(H,15,16). The summed E-state index contributed by atoms with van der Waals surface area (Å²) in [4.78, 5) is 12.5. The van der Waals surface area contributed by atoms with Gasteiger partial charge in [-0.25, -0.2) is 9.18 Å². The van der Waals surface area contributed by atoms with E-state index in [9.17, 15) is 9.18 Å². The fourth-order valence-electron chi connectivity index (χ4n) is 1.39. The van der Waals surface area contributed by atoms with Crippen LogP contribution in [0.5, 0.6) is 0 Å². The highest BCUT2D eigenvalue weighted by Gasteiger charge is 2.11. The molecule has 0 radical (unpaired) electrons. The SMILES string of the molecule is CCOCCN(C)c1ccc(C(=O)O)c(F)c1. The van der Waals surface area contributed by atoms with Gasteiger partial charge in [0.15, 0.2) is 0 Å². The molecule has 0 saturated heterocycles. The molecule has 4 nitrogen and oxygen atoms in total. The molecular formula is C12H16FNO3. The van der Waals surface area contributed by atoms with Crippen molar-refractivity contribution in [3.63, 3.8) is 0 Å². The highest BCUT2D eigenvalue weighted by molar-refractivity contribution is 5.88. The molecule has 0 amide bonds. The molecule has 0 spiro atoms. The molecule has 94 valence electrons. The average Bonchev–Trinajstić information content (AvgIpc) is 2.28. The molecule has 1 N–H and O–H groups in total. The Labute approximate surface area is 99.6 Å². The van der Waals surface area contributed by atoms with Gasteiger partial charge in [0.1, 0.15) is 5.82 Å². The lowest BCUT2D eigenvalue weighted by atomic mass is 10.2. The molecule has 0 saturated carbocycles. The molecule has 1 rings (SSSR count). The number of likely N-dealkylation sites (N-methyl/N-ethyl adjacent to an activating group) is 1. The van der Waals surface area contributed by atoms with Gasteiger partial charge >= 0.3 is 5.97 Å². The first-order chi connectivity index (χ1) is 8.06. The predicted molar refractivity (Wildman–Crippen MR) is 63.1 cm³/mol. The normalized spacial score (nSPS) is 10.3. The van der Waals surface area contributed by atoms with Crippen LogP contribution in [0.15, 0.2) is 18.2 Å². The molecule has 0 unspecified atom stereocenters. The number of benzene rings is 1. The number of aromatic carboxylic acids is 1. The topological polar surface area (TPSA) is 49.8 Å². The second kappa shape index (κ2) is 6.20. The third-order valence-corrected chi connectivity index (χ3v) is 2.40. The van der Waals surface area contributed by atoms with Crippen LogP contribution in [-0.2, 0) is 4.74 Å². The van der Waals surface area contributed by atoms with Crippen molar-refractivity contribution in [2.45, 2.75) is 6.92 Å². The van der Waals surface area contributed by atoms with E-state index in [1.807, 2.05) is 11.8 Å². The summed E-state index contributed by atoms with van der Waals surface area (Å²) in [6.45, 7) is 3.72. The first-order valence-electron chi connectivity index (χ1n) is 5.38. The fourth-order valence-corrected chi connectivity index (χ4v) is 1.39. The van der Waals surface area contributed by atoms with Crippen molar-refractivity contribution < 1.29 is 19.0 Å². The zero-order chi connectivity index (χ0) is 12.8. The number of halogens is 1. The van der Waals surface area contributed by atoms with E-state index in [1.165, 1.54) is 12.1 Å². The lowest BCUT2D eigenvalue weighted by molar-refractivity contribution is 0.0692. The Kier molecular flexibility index (Phi) is 4.90. The Hall–Kier alpha value is -1.62. The maximum absolute atomic E-state index is 13.4. The van der Waals surface area contributed by atoms with Gasteiger partial charge in [0.05, 0.1) is 12.2 Å². The van der Waals surface area contributed by atoms with Gasteiger partial charge in [-0.1, -0.05) is 0 Å². The van der Waals surface area contributed by atoms with Crippen molar-refractivity contribution in [1.29, 1.82) is 0 Å². The molecule has 5 heteroatoms. The van der Waals surface area contributed by atoms with Crippen LogP contribution in [0.3, 0.4) is 0 Å². The summed E-state index contributed by atoms with van der Waals surface area (Å²) >= 11 is 0. The number of nitrogens with zero attached hydrogens (tertiary/aromatic N) is 1. The molecule has 0 aliphatic heterocycles. The second-order valence-corrected chi connectivity index (χ2v) is 3.59. The van der Waals surface area contributed by atoms with Gasteiger partial charge in [-0.05, 0) is 25.1 Å². The van der Waals surface area contributed by atoms with E-state index in [0.29, 0.717) is 25.4 Å². The summed E-state index contributed by atoms with van der Waals surface area (Å²) in [6.07, 6.45) is 0. The van der Waals surface area contributed by atoms with Crippen molar-refractivity contribution in [1.82, 2.24) is 0 Å². The smallest absolute Gasteiger partial charge is 0.338 e. The number of carboxylic acid groups (broad SMARTS) is 1. The minimum Gasteiger partial charge on any atom is -0.478 e. The number of rotatable bonds is 6. The van der Waals surface area contributed by atoms with Gasteiger partial charge < -0.3 is 14.7 Å². The Bertz CT molecular complexity index is 395. The minimum atomic E-state index is -1.26. The fraction of sp³-hybridized carbons (Fsp3) is 0.417. The van der Waals surface area contributed by atoms with Crippen LogP contribution in [0.2, 0.25) is 0 Å². The van der Waals surface area contributed by atoms with Crippen molar-refractivity contribution >= 4 is 11.7 Å². The molecule has 1 aromatic rings. The summed E-state index contributed by atoms with van der Waals surface area (Å²) in [5.41, 5.74) is 0.319. The first kappa shape index (κ1) is 13.4. The molecule has 0 atom stereocenters. The van der Waals surface area contributed by atoms with E-state index in [-0.39, 0.29) is 5.56 Å². The van der Waals surface area contributed by atoms with E-state index >= 15 is 0 Å². The molecule has 0 aliphatic carbocycles. The number of carboxylic acids is 1. The van der Waals surface area contributed by atoms with Crippen LogP contribution in [-0.4, -0.2) is 37.9 Å². The molecule has 1 aromatic carbocycles. The molecule has 0 aromatic heterocycles. The third kappa shape index (κ3) is 3.71. The van der Waals surface area contributed by atoms with Crippen molar-refractivity contribution in [3.05, 3.63) is 29.6 Å². The average molecular weight is 241 g/mol. The molecule has 17 heavy (non-hydrogen) atoms. The number of ether oxygens (including phenoxy) is 1. The predicted octanol–water partition coefficient (Wildman–Crippen LogP) is 2.00. The van der Waals surface area contributed by atoms with Gasteiger partial charge in [0.2, 0.25) is 0 Å². The van der Waals surface area contributed by atoms with Crippen LogP contribution in [0.1, 0.15) is 17.3 Å². The zero-order valence-corrected chi connectivity index (χ0v) is 9.94. The van der Waals surface area contributed by atoms with Crippen molar-refractivity contribution in [2.75, 3.05) is 31.7 Å². The highest BCUT2D eigenvalue weighted by Crippen LogP contribution is 2.17. The Morgan fingerprint density at radius 1 is 1.53 bits per heavy atom. The lowest BCUT2D eigenvalue weighted by Gasteiger charge is -2.19. The Morgan fingerprint density at radius 2 is 2.24 bits per heavy atom. The molecule has 0 fully saturated rings. The van der Waals surface area contributed by atoms with Gasteiger partial charge in [-0.2, -0.15) is 0 Å². The molecule has 0 bridgehead atoms. The molecule has 0 heterocycles. The van der Waals surface area contributed by atoms with E-state index < -0.39 is 11.8 Å². The number of hydrogen-bond donors (Lipinski definition) is 1. The Balaban J connectivity index is 2.72. The number of carbonyl (C=O) groups is 1. The van der Waals surface area contributed by atoms with Crippen LogP contribution in [0.4, 0.5) is 10.1 Å². The summed E-state index contributed by atoms with van der Waals surface area (Å²) in [5.74, 6) is -1.98. The van der Waals surface area contributed by atoms with Crippen LogP contribution >= 0.6 is 0 Å². The van der Waals surface area contributed by atoms with E-state index in [0.717, 1.165) is 0 Å². The second-order valence-electron chi connectivity index (χ2n) is 3.59. The summed E-state index contributed by atoms with van der Waals surface area (Å²) in [7, 11) is 1.80. The number of hydrogen-bond acceptors (Lipinski definition) is 3. The third-order valence-electron chi connectivity index (χ3n) is 2.40. The highest BCUT2D eigenvalue weighted by atomic mass is 19.1. The summed E-state index contributed by atoms with van der Waals surface area (Å²) in [5, 5.41) is 8.69. The van der Waals surface area contributed by atoms with Gasteiger partial charge in [0, 0.05) is 25.9 Å². The maximum atomic E-state index is 13.4. The van der Waals surface area contributed by atoms with Crippen LogP contribution in [0.25, 0.3) is 0 Å². The Morgan fingerprint density at radius 3 is 2.76 bits per heavy atom. The minimum absolute atomic E-state index is 0.313. The van der Waals surface area contributed by atoms with Crippen molar-refractivity contribution in [3.8, 4) is 0 Å². The monoisotopic (exact) mass is 241 g/mol. The maximum Gasteiger partial charge on any atom is 0.338 e. The van der Waals surface area contributed by atoms with Crippen LogP contribution in [0, 0.1) is 5.82 Å². The number of anilines is 1. The van der Waals surface area contributed by atoms with E-state index in [2.05, 4.69) is 0 Å². The van der Waals surface area contributed by atoms with Gasteiger partial charge in [-0.15, -0.1) is 0 Å². The van der Waals surface area contributed by atoms with Gasteiger partial charge in [0.25, 0.3) is 0 Å². The van der Waals surface area contributed by atoms with Gasteiger partial charge in [-0.3, -0.25) is 0 Å². The summed E-state index contributed by atoms with van der Waals surface area (Å²) in [6, 6.07) is 4.07. The lowest BCUT2D eigenvalue weighted by Crippen LogP contribution is -2.22.